The summed E-state index contributed by atoms with van der Waals surface area (Å²) in [4.78, 5) is 5.57. The van der Waals surface area contributed by atoms with Crippen LogP contribution in [0.4, 0.5) is 5.82 Å². The molecule has 4 nitrogen and oxygen atoms in total. The molecule has 2 aromatic rings. The lowest BCUT2D eigenvalue weighted by molar-refractivity contribution is 0.909. The van der Waals surface area contributed by atoms with E-state index in [4.69, 9.17) is 0 Å². The summed E-state index contributed by atoms with van der Waals surface area (Å²) in [5.41, 5.74) is 0. The number of anilines is 1. The van der Waals surface area contributed by atoms with Gasteiger partial charge in [-0.15, -0.1) is 33.3 Å². The maximum atomic E-state index is 4.31. The molecule has 0 amide bonds. The first-order valence-electron chi connectivity index (χ1n) is 5.31. The van der Waals surface area contributed by atoms with Crippen LogP contribution < -0.4 is 5.32 Å². The summed E-state index contributed by atoms with van der Waals surface area (Å²) in [6.07, 6.45) is 4.82. The molecule has 0 spiro atoms. The first-order chi connectivity index (χ1) is 8.28. The molecule has 2 heterocycles. The molecule has 0 atom stereocenters. The van der Waals surface area contributed by atoms with E-state index in [1.54, 1.807) is 23.1 Å². The summed E-state index contributed by atoms with van der Waals surface area (Å²) < 4.78 is 0. The molecule has 0 aliphatic rings. The third kappa shape index (κ3) is 3.67. The van der Waals surface area contributed by atoms with Crippen LogP contribution in [0, 0.1) is 6.92 Å². The zero-order chi connectivity index (χ0) is 12.1. The Bertz CT molecular complexity index is 467. The van der Waals surface area contributed by atoms with Crippen molar-refractivity contribution in [3.05, 3.63) is 28.2 Å². The summed E-state index contributed by atoms with van der Waals surface area (Å²) in [5, 5.41) is 13.5. The van der Waals surface area contributed by atoms with Crippen LogP contribution in [0.3, 0.4) is 0 Å². The predicted octanol–water partition coefficient (Wildman–Crippen LogP) is 2.62. The third-order valence-electron chi connectivity index (χ3n) is 2.16. The molecule has 0 radical (unpaired) electrons. The summed E-state index contributed by atoms with van der Waals surface area (Å²) in [5.74, 6) is 0.816. The van der Waals surface area contributed by atoms with Crippen molar-refractivity contribution in [3.63, 3.8) is 0 Å². The van der Waals surface area contributed by atoms with Gasteiger partial charge in [-0.25, -0.2) is 4.98 Å². The van der Waals surface area contributed by atoms with E-state index in [0.29, 0.717) is 0 Å². The average molecular weight is 266 g/mol. The number of hydrogen-bond donors (Lipinski definition) is 1. The molecule has 2 rings (SSSR count). The average Bonchev–Trinajstić information content (AvgIpc) is 2.76. The van der Waals surface area contributed by atoms with Crippen LogP contribution in [-0.4, -0.2) is 28.0 Å². The highest BCUT2D eigenvalue weighted by Gasteiger charge is 1.99. The highest BCUT2D eigenvalue weighted by molar-refractivity contribution is 7.98. The lowest BCUT2D eigenvalue weighted by Gasteiger charge is -2.03. The molecule has 17 heavy (non-hydrogen) atoms. The summed E-state index contributed by atoms with van der Waals surface area (Å²) in [7, 11) is 0. The van der Waals surface area contributed by atoms with Crippen LogP contribution in [0.1, 0.15) is 9.88 Å². The number of hydrogen-bond acceptors (Lipinski definition) is 6. The van der Waals surface area contributed by atoms with Gasteiger partial charge in [0.25, 0.3) is 0 Å². The van der Waals surface area contributed by atoms with Gasteiger partial charge in [0.15, 0.2) is 0 Å². The fourth-order valence-electron chi connectivity index (χ4n) is 1.34. The minimum atomic E-state index is 0.816. The van der Waals surface area contributed by atoms with Crippen molar-refractivity contribution in [3.8, 4) is 0 Å². The number of rotatable bonds is 5. The van der Waals surface area contributed by atoms with Crippen molar-refractivity contribution in [2.45, 2.75) is 18.4 Å². The number of nitrogens with one attached hydrogen (secondary N) is 1. The van der Waals surface area contributed by atoms with Crippen LogP contribution in [0.15, 0.2) is 23.4 Å². The molecule has 1 N–H and O–H groups in total. The van der Waals surface area contributed by atoms with Gasteiger partial charge in [-0.3, -0.25) is 0 Å². The highest BCUT2D eigenvalue weighted by Crippen LogP contribution is 2.13. The van der Waals surface area contributed by atoms with Gasteiger partial charge >= 0.3 is 0 Å². The number of nitrogens with zero attached hydrogens (tertiary/aromatic N) is 3. The Labute approximate surface area is 109 Å². The van der Waals surface area contributed by atoms with E-state index in [9.17, 15) is 0 Å². The summed E-state index contributed by atoms with van der Waals surface area (Å²) in [6.45, 7) is 2.90. The van der Waals surface area contributed by atoms with Gasteiger partial charge < -0.3 is 5.32 Å². The van der Waals surface area contributed by atoms with E-state index in [2.05, 4.69) is 27.4 Å². The van der Waals surface area contributed by atoms with Gasteiger partial charge in [-0.2, -0.15) is 0 Å². The monoisotopic (exact) mass is 266 g/mol. The van der Waals surface area contributed by atoms with E-state index in [-0.39, 0.29) is 0 Å². The fraction of sp³-hybridized carbons (Fsp3) is 0.364. The van der Waals surface area contributed by atoms with E-state index in [1.807, 2.05) is 24.6 Å². The smallest absolute Gasteiger partial charge is 0.148 e. The van der Waals surface area contributed by atoms with Crippen LogP contribution in [0.25, 0.3) is 0 Å². The van der Waals surface area contributed by atoms with E-state index >= 15 is 0 Å². The summed E-state index contributed by atoms with van der Waals surface area (Å²) >= 11 is 3.33. The second-order valence-corrected chi connectivity index (χ2v) is 5.65. The molecule has 90 valence electrons. The predicted molar refractivity (Wildman–Crippen MR) is 72.9 cm³/mol. The number of thiazole rings is 1. The number of aromatic nitrogens is 3. The molecule has 0 aromatic carbocycles. The Morgan fingerprint density at radius 2 is 2.24 bits per heavy atom. The van der Waals surface area contributed by atoms with Crippen molar-refractivity contribution in [2.24, 2.45) is 0 Å². The van der Waals surface area contributed by atoms with Gasteiger partial charge in [-0.1, -0.05) is 0 Å². The van der Waals surface area contributed by atoms with Crippen LogP contribution in [-0.2, 0) is 6.42 Å². The SMILES string of the molecule is CSc1ccc(NCCc2ncc(C)s2)nn1. The number of aryl methyl sites for hydroxylation is 1. The van der Waals surface area contributed by atoms with Crippen molar-refractivity contribution in [1.82, 2.24) is 15.2 Å². The first kappa shape index (κ1) is 12.3. The Balaban J connectivity index is 1.81. The van der Waals surface area contributed by atoms with Crippen LogP contribution in [0.2, 0.25) is 0 Å². The van der Waals surface area contributed by atoms with Gasteiger partial charge in [-0.05, 0) is 25.3 Å². The fourth-order valence-corrected chi connectivity index (χ4v) is 2.45. The Morgan fingerprint density at radius 1 is 1.35 bits per heavy atom. The van der Waals surface area contributed by atoms with E-state index in [1.165, 1.54) is 4.88 Å². The zero-order valence-corrected chi connectivity index (χ0v) is 11.4. The maximum absolute atomic E-state index is 4.31. The Kier molecular flexibility index (Phi) is 4.33. The molecule has 0 saturated heterocycles. The normalized spacial score (nSPS) is 10.5. The van der Waals surface area contributed by atoms with Gasteiger partial charge in [0.1, 0.15) is 10.8 Å². The standard InChI is InChI=1S/C11H14N4S2/c1-8-7-13-10(17-8)5-6-12-9-3-4-11(16-2)15-14-9/h3-4,7H,5-6H2,1-2H3,(H,12,14). The topological polar surface area (TPSA) is 50.7 Å². The van der Waals surface area contributed by atoms with Gasteiger partial charge in [0.05, 0.1) is 5.01 Å². The summed E-state index contributed by atoms with van der Waals surface area (Å²) in [6, 6.07) is 3.92. The molecular formula is C11H14N4S2. The van der Waals surface area contributed by atoms with Crippen LogP contribution >= 0.6 is 23.1 Å². The van der Waals surface area contributed by atoms with Gasteiger partial charge in [0.2, 0.25) is 0 Å². The lowest BCUT2D eigenvalue weighted by atomic mass is 10.4. The van der Waals surface area contributed by atoms with E-state index < -0.39 is 0 Å². The largest absolute Gasteiger partial charge is 0.368 e. The molecule has 6 heteroatoms. The van der Waals surface area contributed by atoms with Crippen molar-refractivity contribution < 1.29 is 0 Å². The minimum absolute atomic E-state index is 0.816. The molecule has 0 fully saturated rings. The van der Waals surface area contributed by atoms with Crippen molar-refractivity contribution in [2.75, 3.05) is 18.1 Å². The van der Waals surface area contributed by atoms with Crippen molar-refractivity contribution >= 4 is 28.9 Å². The quantitative estimate of drug-likeness (QED) is 0.843. The van der Waals surface area contributed by atoms with Crippen LogP contribution in [0.5, 0.6) is 0 Å². The Morgan fingerprint density at radius 3 is 2.82 bits per heavy atom. The molecule has 0 unspecified atom stereocenters. The van der Waals surface area contributed by atoms with E-state index in [0.717, 1.165) is 28.8 Å². The molecular weight excluding hydrogens is 252 g/mol. The maximum Gasteiger partial charge on any atom is 0.148 e. The third-order valence-corrected chi connectivity index (χ3v) is 3.77. The molecule has 0 aliphatic heterocycles. The molecule has 0 saturated carbocycles. The second-order valence-electron chi connectivity index (χ2n) is 3.50. The highest BCUT2D eigenvalue weighted by atomic mass is 32.2. The van der Waals surface area contributed by atoms with Crippen molar-refractivity contribution in [1.29, 1.82) is 0 Å². The zero-order valence-electron chi connectivity index (χ0n) is 9.80. The minimum Gasteiger partial charge on any atom is -0.368 e. The lowest BCUT2D eigenvalue weighted by Crippen LogP contribution is -2.06. The van der Waals surface area contributed by atoms with Gasteiger partial charge in [0, 0.05) is 24.0 Å². The molecule has 0 aliphatic carbocycles. The first-order valence-corrected chi connectivity index (χ1v) is 7.35. The molecule has 2 aromatic heterocycles. The molecule has 0 bridgehead atoms. The second kappa shape index (κ2) is 5.97. The Hall–Kier alpha value is -1.14. The number of thioether (sulfide) groups is 1.